The lowest BCUT2D eigenvalue weighted by molar-refractivity contribution is 0.468. The van der Waals surface area contributed by atoms with Crippen molar-refractivity contribution in [2.75, 3.05) is 12.8 Å². The Morgan fingerprint density at radius 2 is 2.05 bits per heavy atom. The van der Waals surface area contributed by atoms with Gasteiger partial charge in [-0.15, -0.1) is 11.3 Å². The quantitative estimate of drug-likeness (QED) is 0.878. The maximum atomic E-state index is 12.6. The fourth-order valence-corrected chi connectivity index (χ4v) is 4.15. The van der Waals surface area contributed by atoms with E-state index >= 15 is 0 Å². The van der Waals surface area contributed by atoms with Crippen LogP contribution in [0, 0.1) is 13.8 Å². The van der Waals surface area contributed by atoms with Crippen molar-refractivity contribution in [1.82, 2.24) is 9.29 Å². The first-order valence-electron chi connectivity index (χ1n) is 6.04. The van der Waals surface area contributed by atoms with Gasteiger partial charge >= 0.3 is 0 Å². The highest BCUT2D eigenvalue weighted by Crippen LogP contribution is 2.23. The molecular formula is C13H17N3O2S2. The van der Waals surface area contributed by atoms with E-state index in [0.717, 1.165) is 10.6 Å². The lowest BCUT2D eigenvalue weighted by atomic mass is 10.2. The molecule has 0 fully saturated rings. The van der Waals surface area contributed by atoms with E-state index in [2.05, 4.69) is 4.98 Å². The van der Waals surface area contributed by atoms with E-state index in [0.29, 0.717) is 17.8 Å². The molecule has 5 nitrogen and oxygen atoms in total. The second kappa shape index (κ2) is 5.51. The average Bonchev–Trinajstić information content (AvgIpc) is 2.74. The van der Waals surface area contributed by atoms with E-state index in [1.54, 1.807) is 37.7 Å². The zero-order valence-corrected chi connectivity index (χ0v) is 13.3. The average molecular weight is 311 g/mol. The minimum atomic E-state index is -3.52. The first-order valence-corrected chi connectivity index (χ1v) is 8.36. The highest BCUT2D eigenvalue weighted by atomic mass is 32.2. The summed E-state index contributed by atoms with van der Waals surface area (Å²) in [6, 6.07) is 4.82. The van der Waals surface area contributed by atoms with Gasteiger partial charge in [0.05, 0.1) is 16.1 Å². The predicted octanol–water partition coefficient (Wildman–Crippen LogP) is 2.16. The van der Waals surface area contributed by atoms with Crippen LogP contribution < -0.4 is 5.73 Å². The van der Waals surface area contributed by atoms with E-state index in [9.17, 15) is 8.42 Å². The van der Waals surface area contributed by atoms with E-state index in [1.807, 2.05) is 6.92 Å². The summed E-state index contributed by atoms with van der Waals surface area (Å²) in [5, 5.41) is 0. The third kappa shape index (κ3) is 2.84. The molecule has 1 aromatic heterocycles. The van der Waals surface area contributed by atoms with Crippen molar-refractivity contribution >= 4 is 27.0 Å². The summed E-state index contributed by atoms with van der Waals surface area (Å²) in [5.41, 5.74) is 9.46. The second-order valence-corrected chi connectivity index (χ2v) is 7.60. The summed E-state index contributed by atoms with van der Waals surface area (Å²) in [6.45, 7) is 3.94. The van der Waals surface area contributed by atoms with Crippen LogP contribution in [0.25, 0.3) is 0 Å². The summed E-state index contributed by atoms with van der Waals surface area (Å²) < 4.78 is 26.5. The molecule has 1 heterocycles. The molecule has 0 radical (unpaired) electrons. The van der Waals surface area contributed by atoms with E-state index in [1.165, 1.54) is 15.6 Å². The molecule has 0 unspecified atom stereocenters. The number of hydrogen-bond donors (Lipinski definition) is 1. The van der Waals surface area contributed by atoms with Gasteiger partial charge in [0.15, 0.2) is 0 Å². The molecule has 0 bridgehead atoms. The summed E-state index contributed by atoms with van der Waals surface area (Å²) in [5.74, 6) is 0. The highest BCUT2D eigenvalue weighted by Gasteiger charge is 2.23. The van der Waals surface area contributed by atoms with Gasteiger partial charge in [-0.05, 0) is 37.6 Å². The monoisotopic (exact) mass is 311 g/mol. The number of aromatic nitrogens is 1. The van der Waals surface area contributed by atoms with Crippen LogP contribution in [-0.4, -0.2) is 24.8 Å². The number of nitrogens with zero attached hydrogens (tertiary/aromatic N) is 2. The Hall–Kier alpha value is -1.44. The Morgan fingerprint density at radius 1 is 1.35 bits per heavy atom. The van der Waals surface area contributed by atoms with Crippen LogP contribution in [-0.2, 0) is 16.6 Å². The lowest BCUT2D eigenvalue weighted by Crippen LogP contribution is -2.27. The predicted molar refractivity (Wildman–Crippen MR) is 81.1 cm³/mol. The van der Waals surface area contributed by atoms with Crippen LogP contribution in [0.3, 0.4) is 0 Å². The van der Waals surface area contributed by atoms with Crippen molar-refractivity contribution < 1.29 is 8.42 Å². The number of anilines is 1. The van der Waals surface area contributed by atoms with Gasteiger partial charge in [-0.1, -0.05) is 0 Å². The van der Waals surface area contributed by atoms with Crippen LogP contribution >= 0.6 is 11.3 Å². The molecule has 0 amide bonds. The molecule has 0 aliphatic heterocycles. The minimum Gasteiger partial charge on any atom is -0.399 e. The Bertz CT molecular complexity index is 723. The van der Waals surface area contributed by atoms with Gasteiger partial charge in [0.2, 0.25) is 10.0 Å². The molecule has 20 heavy (non-hydrogen) atoms. The van der Waals surface area contributed by atoms with Gasteiger partial charge < -0.3 is 5.73 Å². The van der Waals surface area contributed by atoms with Crippen LogP contribution in [0.1, 0.15) is 16.1 Å². The van der Waals surface area contributed by atoms with Crippen LogP contribution in [0.2, 0.25) is 0 Å². The van der Waals surface area contributed by atoms with Crippen molar-refractivity contribution in [2.24, 2.45) is 0 Å². The molecule has 0 saturated heterocycles. The summed E-state index contributed by atoms with van der Waals surface area (Å²) in [4.78, 5) is 5.37. The van der Waals surface area contributed by atoms with E-state index in [4.69, 9.17) is 5.73 Å². The van der Waals surface area contributed by atoms with Crippen molar-refractivity contribution in [1.29, 1.82) is 0 Å². The minimum absolute atomic E-state index is 0.288. The van der Waals surface area contributed by atoms with Crippen molar-refractivity contribution in [3.05, 3.63) is 39.8 Å². The maximum Gasteiger partial charge on any atom is 0.243 e. The second-order valence-electron chi connectivity index (χ2n) is 4.65. The SMILES string of the molecule is Cc1cc(N)ccc1S(=O)(=O)N(C)Cc1scnc1C. The van der Waals surface area contributed by atoms with Crippen LogP contribution in [0.4, 0.5) is 5.69 Å². The third-order valence-corrected chi connectivity index (χ3v) is 5.98. The first-order chi connectivity index (χ1) is 9.32. The normalized spacial score (nSPS) is 12.0. The molecule has 1 aromatic carbocycles. The maximum absolute atomic E-state index is 12.6. The lowest BCUT2D eigenvalue weighted by Gasteiger charge is -2.18. The number of benzene rings is 1. The molecule has 0 atom stereocenters. The van der Waals surface area contributed by atoms with Gasteiger partial charge in [-0.3, -0.25) is 0 Å². The number of sulfonamides is 1. The smallest absolute Gasteiger partial charge is 0.243 e. The summed E-state index contributed by atoms with van der Waals surface area (Å²) >= 11 is 1.46. The summed E-state index contributed by atoms with van der Waals surface area (Å²) in [7, 11) is -1.95. The van der Waals surface area contributed by atoms with Gasteiger partial charge in [0, 0.05) is 24.2 Å². The Labute approximate surface area is 123 Å². The molecule has 0 saturated carbocycles. The highest BCUT2D eigenvalue weighted by molar-refractivity contribution is 7.89. The van der Waals surface area contributed by atoms with E-state index < -0.39 is 10.0 Å². The van der Waals surface area contributed by atoms with Gasteiger partial charge in [0.25, 0.3) is 0 Å². The number of hydrogen-bond acceptors (Lipinski definition) is 5. The largest absolute Gasteiger partial charge is 0.399 e. The Balaban J connectivity index is 2.32. The van der Waals surface area contributed by atoms with Crippen molar-refractivity contribution in [2.45, 2.75) is 25.3 Å². The molecule has 2 aromatic rings. The Kier molecular flexibility index (Phi) is 4.12. The van der Waals surface area contributed by atoms with Crippen LogP contribution in [0.5, 0.6) is 0 Å². The first kappa shape index (κ1) is 15.0. The topological polar surface area (TPSA) is 76.3 Å². The van der Waals surface area contributed by atoms with Gasteiger partial charge in [-0.2, -0.15) is 4.31 Å². The zero-order chi connectivity index (χ0) is 14.9. The standard InChI is InChI=1S/C13H17N3O2S2/c1-9-6-11(14)4-5-13(9)20(17,18)16(3)7-12-10(2)15-8-19-12/h4-6,8H,7,14H2,1-3H3. The fraction of sp³-hybridized carbons (Fsp3) is 0.308. The van der Waals surface area contributed by atoms with Crippen LogP contribution in [0.15, 0.2) is 28.6 Å². The molecule has 2 N–H and O–H groups in total. The molecular weight excluding hydrogens is 294 g/mol. The molecule has 2 rings (SSSR count). The molecule has 0 aliphatic rings. The molecule has 7 heteroatoms. The molecule has 108 valence electrons. The number of aryl methyl sites for hydroxylation is 2. The number of rotatable bonds is 4. The van der Waals surface area contributed by atoms with Gasteiger partial charge in [0.1, 0.15) is 0 Å². The van der Waals surface area contributed by atoms with Crippen molar-refractivity contribution in [3.63, 3.8) is 0 Å². The van der Waals surface area contributed by atoms with E-state index in [-0.39, 0.29) is 4.90 Å². The Morgan fingerprint density at radius 3 is 2.60 bits per heavy atom. The molecule has 0 aliphatic carbocycles. The fourth-order valence-electron chi connectivity index (χ4n) is 1.90. The molecule has 0 spiro atoms. The third-order valence-electron chi connectivity index (χ3n) is 3.10. The van der Waals surface area contributed by atoms with Crippen molar-refractivity contribution in [3.8, 4) is 0 Å². The summed E-state index contributed by atoms with van der Waals surface area (Å²) in [6.07, 6.45) is 0. The number of nitrogen functional groups attached to an aromatic ring is 1. The number of nitrogens with two attached hydrogens (primary N) is 1. The van der Waals surface area contributed by atoms with Gasteiger partial charge in [-0.25, -0.2) is 13.4 Å². The zero-order valence-electron chi connectivity index (χ0n) is 11.6. The number of thiazole rings is 1.